The fourth-order valence-corrected chi connectivity index (χ4v) is 3.39. The van der Waals surface area contributed by atoms with Gasteiger partial charge in [0, 0.05) is 27.2 Å². The Hall–Kier alpha value is -3.15. The van der Waals surface area contributed by atoms with Crippen LogP contribution in [0.1, 0.15) is 11.1 Å². The van der Waals surface area contributed by atoms with Crippen LogP contribution in [0.2, 0.25) is 5.02 Å². The second-order valence-corrected chi connectivity index (χ2v) is 7.50. The monoisotopic (exact) mass is 418 g/mol. The number of hydrogen-bond acceptors (Lipinski definition) is 2. The Balaban J connectivity index is 1.57. The van der Waals surface area contributed by atoms with Crippen molar-refractivity contribution < 1.29 is 0 Å². The van der Waals surface area contributed by atoms with Crippen LogP contribution in [0.3, 0.4) is 0 Å². The van der Waals surface area contributed by atoms with Crippen molar-refractivity contribution in [3.05, 3.63) is 88.9 Å². The predicted octanol–water partition coefficient (Wildman–Crippen LogP) is 6.12. The minimum Gasteiger partial charge on any atom is -0.354 e. The molecule has 4 nitrogen and oxygen atoms in total. The van der Waals surface area contributed by atoms with Crippen LogP contribution in [0, 0.1) is 6.92 Å². The molecule has 0 bridgehead atoms. The summed E-state index contributed by atoms with van der Waals surface area (Å²) in [5.74, 6) is 0. The van der Waals surface area contributed by atoms with Gasteiger partial charge in [-0.15, -0.1) is 0 Å². The quantitative estimate of drug-likeness (QED) is 0.212. The Labute approximate surface area is 179 Å². The smallest absolute Gasteiger partial charge is 0.191 e. The minimum atomic E-state index is 0.429. The number of anilines is 1. The number of hydrazone groups is 1. The fraction of sp³-hybridized carbons (Fsp3) is 0.0435. The average molecular weight is 419 g/mol. The summed E-state index contributed by atoms with van der Waals surface area (Å²) in [7, 11) is 0. The molecule has 4 rings (SSSR count). The van der Waals surface area contributed by atoms with Crippen molar-refractivity contribution in [1.29, 1.82) is 0 Å². The molecule has 0 fully saturated rings. The normalized spacial score (nSPS) is 11.1. The number of para-hydroxylation sites is 1. The molecule has 0 aliphatic heterocycles. The van der Waals surface area contributed by atoms with Gasteiger partial charge in [0.25, 0.3) is 0 Å². The molecule has 1 heterocycles. The Morgan fingerprint density at radius 2 is 1.72 bits per heavy atom. The van der Waals surface area contributed by atoms with Gasteiger partial charge in [-0.2, -0.15) is 5.10 Å². The zero-order valence-corrected chi connectivity index (χ0v) is 17.3. The third kappa shape index (κ3) is 4.47. The van der Waals surface area contributed by atoms with E-state index in [2.05, 4.69) is 26.9 Å². The molecule has 3 N–H and O–H groups in total. The number of fused-ring (bicyclic) bond motifs is 1. The maximum absolute atomic E-state index is 6.04. The van der Waals surface area contributed by atoms with E-state index < -0.39 is 0 Å². The highest BCUT2D eigenvalue weighted by Gasteiger charge is 2.11. The Bertz CT molecular complexity index is 1180. The van der Waals surface area contributed by atoms with Gasteiger partial charge in [0.2, 0.25) is 0 Å². The summed E-state index contributed by atoms with van der Waals surface area (Å²) in [6.45, 7) is 2.05. The summed E-state index contributed by atoms with van der Waals surface area (Å²) in [5.41, 5.74) is 9.03. The lowest BCUT2D eigenvalue weighted by molar-refractivity contribution is 1.05. The van der Waals surface area contributed by atoms with Crippen molar-refractivity contribution in [2.45, 2.75) is 6.92 Å². The summed E-state index contributed by atoms with van der Waals surface area (Å²) < 4.78 is 0. The first-order valence-corrected chi connectivity index (χ1v) is 9.92. The number of aromatic nitrogens is 1. The van der Waals surface area contributed by atoms with Crippen LogP contribution >= 0.6 is 23.8 Å². The molecule has 29 heavy (non-hydrogen) atoms. The summed E-state index contributed by atoms with van der Waals surface area (Å²) >= 11 is 11.4. The zero-order valence-electron chi connectivity index (χ0n) is 15.7. The number of nitrogens with one attached hydrogen (secondary N) is 3. The van der Waals surface area contributed by atoms with Crippen molar-refractivity contribution in [1.82, 2.24) is 10.4 Å². The average Bonchev–Trinajstić information content (AvgIpc) is 3.09. The highest BCUT2D eigenvalue weighted by molar-refractivity contribution is 7.80. The Kier molecular flexibility index (Phi) is 5.60. The van der Waals surface area contributed by atoms with Gasteiger partial charge in [0.1, 0.15) is 0 Å². The van der Waals surface area contributed by atoms with E-state index in [1.807, 2.05) is 73.7 Å². The third-order valence-electron chi connectivity index (χ3n) is 4.55. The van der Waals surface area contributed by atoms with Crippen LogP contribution in [0.5, 0.6) is 0 Å². The number of rotatable bonds is 4. The maximum atomic E-state index is 6.04. The topological polar surface area (TPSA) is 52.2 Å². The first-order valence-electron chi connectivity index (χ1n) is 9.13. The molecule has 0 atom stereocenters. The van der Waals surface area contributed by atoms with E-state index in [-0.39, 0.29) is 0 Å². The van der Waals surface area contributed by atoms with Crippen molar-refractivity contribution in [2.75, 3.05) is 5.32 Å². The lowest BCUT2D eigenvalue weighted by atomic mass is 10.1. The molecular weight excluding hydrogens is 400 g/mol. The molecule has 0 radical (unpaired) electrons. The molecule has 4 aromatic rings. The fourth-order valence-electron chi connectivity index (χ4n) is 3.09. The summed E-state index contributed by atoms with van der Waals surface area (Å²) in [6, 6.07) is 23.9. The number of nitrogens with zero attached hydrogens (tertiary/aromatic N) is 1. The molecule has 6 heteroatoms. The lowest BCUT2D eigenvalue weighted by Crippen LogP contribution is -2.23. The van der Waals surface area contributed by atoms with Crippen LogP contribution in [-0.2, 0) is 0 Å². The van der Waals surface area contributed by atoms with E-state index in [9.17, 15) is 0 Å². The SMILES string of the molecule is Cc1ccc(NC(=S)N/N=C/c2c(-c3ccc(Cl)cc3)[nH]c3ccccc23)cc1. The highest BCUT2D eigenvalue weighted by atomic mass is 35.5. The summed E-state index contributed by atoms with van der Waals surface area (Å²) in [6.07, 6.45) is 1.78. The van der Waals surface area contributed by atoms with Crippen molar-refractivity contribution >= 4 is 51.7 Å². The van der Waals surface area contributed by atoms with Gasteiger partial charge in [0.05, 0.1) is 11.9 Å². The standard InChI is InChI=1S/C23H19ClN4S/c1-15-6-12-18(13-7-15)26-23(29)28-25-14-20-19-4-2-3-5-21(19)27-22(20)16-8-10-17(24)11-9-16/h2-14,27H,1H3,(H2,26,28,29)/b25-14+. The Morgan fingerprint density at radius 1 is 1.00 bits per heavy atom. The summed E-state index contributed by atoms with van der Waals surface area (Å²) in [4.78, 5) is 3.47. The van der Waals surface area contributed by atoms with Crippen LogP contribution in [0.4, 0.5) is 5.69 Å². The van der Waals surface area contributed by atoms with Gasteiger partial charge in [-0.25, -0.2) is 0 Å². The summed E-state index contributed by atoms with van der Waals surface area (Å²) in [5, 5.41) is 9.70. The van der Waals surface area contributed by atoms with Gasteiger partial charge < -0.3 is 10.3 Å². The van der Waals surface area contributed by atoms with Crippen molar-refractivity contribution in [3.63, 3.8) is 0 Å². The third-order valence-corrected chi connectivity index (χ3v) is 4.99. The molecular formula is C23H19ClN4S. The predicted molar refractivity (Wildman–Crippen MR) is 127 cm³/mol. The number of halogens is 1. The van der Waals surface area contributed by atoms with Crippen LogP contribution in [0.25, 0.3) is 22.2 Å². The molecule has 0 aliphatic rings. The van der Waals surface area contributed by atoms with Crippen molar-refractivity contribution in [3.8, 4) is 11.3 Å². The van der Waals surface area contributed by atoms with E-state index in [0.29, 0.717) is 10.1 Å². The molecule has 0 saturated carbocycles. The van der Waals surface area contributed by atoms with Gasteiger partial charge in [-0.3, -0.25) is 5.43 Å². The first-order chi connectivity index (χ1) is 14.1. The minimum absolute atomic E-state index is 0.429. The maximum Gasteiger partial charge on any atom is 0.191 e. The molecule has 0 saturated heterocycles. The number of aromatic amines is 1. The molecule has 0 unspecified atom stereocenters. The van der Waals surface area contributed by atoms with Crippen LogP contribution in [-0.4, -0.2) is 16.3 Å². The number of aryl methyl sites for hydroxylation is 1. The second kappa shape index (κ2) is 8.47. The number of benzene rings is 3. The molecule has 1 aromatic heterocycles. The largest absolute Gasteiger partial charge is 0.354 e. The van der Waals surface area contributed by atoms with Crippen molar-refractivity contribution in [2.24, 2.45) is 5.10 Å². The zero-order chi connectivity index (χ0) is 20.2. The van der Waals surface area contributed by atoms with E-state index in [1.165, 1.54) is 5.56 Å². The molecule has 3 aromatic carbocycles. The van der Waals surface area contributed by atoms with E-state index in [4.69, 9.17) is 23.8 Å². The first kappa shape index (κ1) is 19.2. The van der Waals surface area contributed by atoms with Gasteiger partial charge in [0.15, 0.2) is 5.11 Å². The van der Waals surface area contributed by atoms with E-state index in [0.717, 1.165) is 33.4 Å². The molecule has 0 amide bonds. The second-order valence-electron chi connectivity index (χ2n) is 6.66. The molecule has 144 valence electrons. The molecule has 0 aliphatic carbocycles. The van der Waals surface area contributed by atoms with Gasteiger partial charge >= 0.3 is 0 Å². The van der Waals surface area contributed by atoms with E-state index >= 15 is 0 Å². The highest BCUT2D eigenvalue weighted by Crippen LogP contribution is 2.29. The lowest BCUT2D eigenvalue weighted by Gasteiger charge is -2.07. The van der Waals surface area contributed by atoms with Crippen LogP contribution in [0.15, 0.2) is 77.9 Å². The van der Waals surface area contributed by atoms with Crippen LogP contribution < -0.4 is 10.7 Å². The van der Waals surface area contributed by atoms with Gasteiger partial charge in [-0.05, 0) is 55.0 Å². The number of thiocarbonyl (C=S) groups is 1. The molecule has 0 spiro atoms. The number of hydrogen-bond donors (Lipinski definition) is 3. The van der Waals surface area contributed by atoms with E-state index in [1.54, 1.807) is 6.21 Å². The van der Waals surface area contributed by atoms with Gasteiger partial charge in [-0.1, -0.05) is 59.6 Å². The number of H-pyrrole nitrogens is 1. The Morgan fingerprint density at radius 3 is 2.48 bits per heavy atom.